The van der Waals surface area contributed by atoms with Gasteiger partial charge >= 0.3 is 0 Å². The summed E-state index contributed by atoms with van der Waals surface area (Å²) in [5, 5.41) is 4.44. The number of hydrogen-bond acceptors (Lipinski definition) is 6. The summed E-state index contributed by atoms with van der Waals surface area (Å²) in [6, 6.07) is 7.99. The molecule has 0 radical (unpaired) electrons. The highest BCUT2D eigenvalue weighted by Gasteiger charge is 2.17. The van der Waals surface area contributed by atoms with Gasteiger partial charge < -0.3 is 19.9 Å². The number of thiazole rings is 1. The number of nitrogens with zero attached hydrogens (tertiary/aromatic N) is 1. The van der Waals surface area contributed by atoms with E-state index in [4.69, 9.17) is 14.6 Å². The number of furan rings is 2. The molecule has 0 saturated carbocycles. The summed E-state index contributed by atoms with van der Waals surface area (Å²) in [5.41, 5.74) is 10.1. The second kappa shape index (κ2) is 6.92. The summed E-state index contributed by atoms with van der Waals surface area (Å²) in [5.74, 6) is 1.30. The van der Waals surface area contributed by atoms with Crippen molar-refractivity contribution in [3.63, 3.8) is 0 Å². The normalized spacial score (nSPS) is 13.2. The van der Waals surface area contributed by atoms with E-state index in [-0.39, 0.29) is 12.3 Å². The first-order chi connectivity index (χ1) is 13.7. The van der Waals surface area contributed by atoms with Gasteiger partial charge in [-0.2, -0.15) is 0 Å². The van der Waals surface area contributed by atoms with Crippen LogP contribution in [0, 0.1) is 0 Å². The second-order valence-electron chi connectivity index (χ2n) is 6.96. The number of carbonyl (C=O) groups is 1. The Morgan fingerprint density at radius 1 is 1.25 bits per heavy atom. The van der Waals surface area contributed by atoms with Crippen molar-refractivity contribution < 1.29 is 13.6 Å². The zero-order valence-electron chi connectivity index (χ0n) is 15.2. The van der Waals surface area contributed by atoms with Crippen LogP contribution in [0.5, 0.6) is 0 Å². The van der Waals surface area contributed by atoms with Gasteiger partial charge in [-0.15, -0.1) is 0 Å². The fourth-order valence-corrected chi connectivity index (χ4v) is 4.48. The van der Waals surface area contributed by atoms with Gasteiger partial charge in [0.2, 0.25) is 5.91 Å². The highest BCUT2D eigenvalue weighted by Crippen LogP contribution is 2.32. The SMILES string of the molecule is NCc1ccc(-c2cnc(NC(=O)Cc3coc4cc5c(cc34)CCC5)s2)o1. The Bertz CT molecular complexity index is 1170. The van der Waals surface area contributed by atoms with Gasteiger partial charge in [0.05, 0.1) is 30.3 Å². The zero-order chi connectivity index (χ0) is 19.1. The maximum atomic E-state index is 12.5. The van der Waals surface area contributed by atoms with Crippen molar-refractivity contribution in [2.45, 2.75) is 32.2 Å². The molecule has 0 atom stereocenters. The topological polar surface area (TPSA) is 94.3 Å². The molecule has 1 aliphatic carbocycles. The van der Waals surface area contributed by atoms with Crippen LogP contribution in [-0.4, -0.2) is 10.9 Å². The molecule has 0 unspecified atom stereocenters. The van der Waals surface area contributed by atoms with E-state index < -0.39 is 0 Å². The molecule has 28 heavy (non-hydrogen) atoms. The third-order valence-electron chi connectivity index (χ3n) is 5.08. The Morgan fingerprint density at radius 2 is 2.11 bits per heavy atom. The first kappa shape index (κ1) is 17.2. The quantitative estimate of drug-likeness (QED) is 0.528. The fourth-order valence-electron chi connectivity index (χ4n) is 3.69. The standard InChI is InChI=1S/C21H19N3O3S/c22-9-15-4-5-17(27-15)19-10-23-21(28-19)24-20(25)8-14-11-26-18-7-13-3-1-2-12(13)6-16(14)18/h4-7,10-11H,1-3,8-9,22H2,(H,23,24,25). The maximum Gasteiger partial charge on any atom is 0.230 e. The van der Waals surface area contributed by atoms with Crippen LogP contribution in [-0.2, 0) is 30.6 Å². The van der Waals surface area contributed by atoms with Crippen LogP contribution in [0.4, 0.5) is 5.13 Å². The highest BCUT2D eigenvalue weighted by atomic mass is 32.1. The van der Waals surface area contributed by atoms with E-state index in [1.807, 2.05) is 12.1 Å². The van der Waals surface area contributed by atoms with Crippen LogP contribution in [0.15, 0.2) is 45.6 Å². The molecule has 3 heterocycles. The van der Waals surface area contributed by atoms with E-state index >= 15 is 0 Å². The van der Waals surface area contributed by atoms with Gasteiger partial charge in [-0.1, -0.05) is 11.3 Å². The molecule has 1 amide bonds. The predicted octanol–water partition coefficient (Wildman–Crippen LogP) is 4.28. The molecule has 0 saturated heterocycles. The molecule has 7 heteroatoms. The lowest BCUT2D eigenvalue weighted by Gasteiger charge is -2.02. The number of carbonyl (C=O) groups excluding carboxylic acids is 1. The Hall–Kier alpha value is -2.90. The number of anilines is 1. The van der Waals surface area contributed by atoms with Gasteiger partial charge in [-0.25, -0.2) is 4.98 Å². The lowest BCUT2D eigenvalue weighted by atomic mass is 10.0. The summed E-state index contributed by atoms with van der Waals surface area (Å²) in [6.45, 7) is 0.351. The van der Waals surface area contributed by atoms with E-state index in [1.54, 1.807) is 12.5 Å². The summed E-state index contributed by atoms with van der Waals surface area (Å²) < 4.78 is 11.3. The van der Waals surface area contributed by atoms with Gasteiger partial charge in [0.1, 0.15) is 17.1 Å². The molecule has 1 aromatic carbocycles. The van der Waals surface area contributed by atoms with Gasteiger partial charge in [0, 0.05) is 10.9 Å². The van der Waals surface area contributed by atoms with Crippen molar-refractivity contribution in [3.8, 4) is 10.6 Å². The number of nitrogens with two attached hydrogens (primary N) is 1. The molecule has 3 N–H and O–H groups in total. The predicted molar refractivity (Wildman–Crippen MR) is 108 cm³/mol. The molecular weight excluding hydrogens is 374 g/mol. The molecule has 0 fully saturated rings. The minimum atomic E-state index is -0.119. The molecule has 0 spiro atoms. The van der Waals surface area contributed by atoms with Gasteiger partial charge in [0.25, 0.3) is 0 Å². The van der Waals surface area contributed by atoms with E-state index in [1.165, 1.54) is 28.9 Å². The number of nitrogens with one attached hydrogen (secondary N) is 1. The number of rotatable bonds is 5. The van der Waals surface area contributed by atoms with E-state index in [9.17, 15) is 4.79 Å². The van der Waals surface area contributed by atoms with Crippen LogP contribution in [0.25, 0.3) is 21.6 Å². The van der Waals surface area contributed by atoms with Crippen LogP contribution in [0.2, 0.25) is 0 Å². The Morgan fingerprint density at radius 3 is 2.93 bits per heavy atom. The Kier molecular flexibility index (Phi) is 4.26. The lowest BCUT2D eigenvalue weighted by Crippen LogP contribution is -2.13. The van der Waals surface area contributed by atoms with E-state index in [2.05, 4.69) is 22.4 Å². The third-order valence-corrected chi connectivity index (χ3v) is 6.00. The van der Waals surface area contributed by atoms with Gasteiger partial charge in [0.15, 0.2) is 5.13 Å². The summed E-state index contributed by atoms with van der Waals surface area (Å²) in [6.07, 6.45) is 7.02. The molecule has 1 aliphatic rings. The van der Waals surface area contributed by atoms with Crippen LogP contribution in [0.3, 0.4) is 0 Å². The average molecular weight is 393 g/mol. The van der Waals surface area contributed by atoms with Crippen molar-refractivity contribution >= 4 is 33.3 Å². The van der Waals surface area contributed by atoms with Crippen molar-refractivity contribution in [1.29, 1.82) is 0 Å². The van der Waals surface area contributed by atoms with Crippen molar-refractivity contribution in [2.75, 3.05) is 5.32 Å². The number of aromatic nitrogens is 1. The summed E-state index contributed by atoms with van der Waals surface area (Å²) in [4.78, 5) is 17.7. The van der Waals surface area contributed by atoms with Gasteiger partial charge in [-0.3, -0.25) is 4.79 Å². The highest BCUT2D eigenvalue weighted by molar-refractivity contribution is 7.19. The van der Waals surface area contributed by atoms with Gasteiger partial charge in [-0.05, 0) is 54.7 Å². The first-order valence-corrected chi connectivity index (χ1v) is 10.1. The monoisotopic (exact) mass is 393 g/mol. The first-order valence-electron chi connectivity index (χ1n) is 9.26. The smallest absolute Gasteiger partial charge is 0.230 e. The van der Waals surface area contributed by atoms with E-state index in [0.29, 0.717) is 23.2 Å². The minimum absolute atomic E-state index is 0.119. The molecule has 4 aromatic rings. The van der Waals surface area contributed by atoms with Crippen LogP contribution in [0.1, 0.15) is 28.9 Å². The van der Waals surface area contributed by atoms with Crippen molar-refractivity contribution in [1.82, 2.24) is 4.98 Å². The number of amides is 1. The van der Waals surface area contributed by atoms with Crippen LogP contribution < -0.4 is 11.1 Å². The van der Waals surface area contributed by atoms with Crippen molar-refractivity contribution in [3.05, 3.63) is 59.2 Å². The third kappa shape index (κ3) is 3.12. The fraction of sp³-hybridized carbons (Fsp3) is 0.238. The number of fused-ring (bicyclic) bond motifs is 2. The lowest BCUT2D eigenvalue weighted by molar-refractivity contribution is -0.115. The molecular formula is C21H19N3O3S. The molecule has 6 nitrogen and oxygen atoms in total. The number of aryl methyl sites for hydroxylation is 2. The summed E-state index contributed by atoms with van der Waals surface area (Å²) >= 11 is 1.37. The van der Waals surface area contributed by atoms with E-state index in [0.717, 1.165) is 34.3 Å². The molecule has 142 valence electrons. The van der Waals surface area contributed by atoms with Crippen LogP contribution >= 0.6 is 11.3 Å². The molecule has 0 bridgehead atoms. The van der Waals surface area contributed by atoms with Crippen molar-refractivity contribution in [2.24, 2.45) is 5.73 Å². The number of benzene rings is 1. The molecule has 3 aromatic heterocycles. The molecule has 5 rings (SSSR count). The second-order valence-corrected chi connectivity index (χ2v) is 7.99. The summed E-state index contributed by atoms with van der Waals surface area (Å²) in [7, 11) is 0. The molecule has 0 aliphatic heterocycles. The number of hydrogen-bond donors (Lipinski definition) is 2. The Balaban J connectivity index is 1.31. The zero-order valence-corrected chi connectivity index (χ0v) is 16.0. The maximum absolute atomic E-state index is 12.5. The largest absolute Gasteiger partial charge is 0.464 e. The average Bonchev–Trinajstić information content (AvgIpc) is 3.47. The Labute approximate surface area is 165 Å². The minimum Gasteiger partial charge on any atom is -0.464 e.